The van der Waals surface area contributed by atoms with Crippen molar-refractivity contribution < 1.29 is 0 Å². The van der Waals surface area contributed by atoms with Gasteiger partial charge in [-0.3, -0.25) is 4.79 Å². The third kappa shape index (κ3) is 2.42. The van der Waals surface area contributed by atoms with E-state index in [-0.39, 0.29) is 5.56 Å². The van der Waals surface area contributed by atoms with Crippen LogP contribution in [-0.2, 0) is 13.1 Å². The molecule has 0 N–H and O–H groups in total. The van der Waals surface area contributed by atoms with Crippen LogP contribution in [0.1, 0.15) is 0 Å². The van der Waals surface area contributed by atoms with Crippen LogP contribution in [0.4, 0.5) is 0 Å². The predicted molar refractivity (Wildman–Crippen MR) is 77.7 cm³/mol. The Labute approximate surface area is 115 Å². The van der Waals surface area contributed by atoms with E-state index in [4.69, 9.17) is 11.6 Å². The van der Waals surface area contributed by atoms with Gasteiger partial charge < -0.3 is 9.13 Å². The van der Waals surface area contributed by atoms with E-state index in [0.717, 1.165) is 22.5 Å². The summed E-state index contributed by atoms with van der Waals surface area (Å²) in [7, 11) is 0. The van der Waals surface area contributed by atoms with Gasteiger partial charge >= 0.3 is 0 Å². The Balaban J connectivity index is 1.88. The number of benzene rings is 1. The largest absolute Gasteiger partial charge is 0.346 e. The molecule has 4 heteroatoms. The molecule has 0 fully saturated rings. The normalized spacial score (nSPS) is 11.0. The van der Waals surface area contributed by atoms with Gasteiger partial charge in [0.15, 0.2) is 0 Å². The highest BCUT2D eigenvalue weighted by Gasteiger charge is 2.02. The summed E-state index contributed by atoms with van der Waals surface area (Å²) in [6.07, 6.45) is 3.83. The first-order valence-corrected chi connectivity index (χ1v) is 6.52. The van der Waals surface area contributed by atoms with E-state index in [0.29, 0.717) is 6.54 Å². The summed E-state index contributed by atoms with van der Waals surface area (Å²) in [6.45, 7) is 1.39. The lowest BCUT2D eigenvalue weighted by atomic mass is 10.2. The van der Waals surface area contributed by atoms with Gasteiger partial charge in [0, 0.05) is 42.1 Å². The maximum Gasteiger partial charge on any atom is 0.250 e. The van der Waals surface area contributed by atoms with Crippen LogP contribution >= 0.6 is 11.6 Å². The molecule has 3 rings (SSSR count). The van der Waals surface area contributed by atoms with Crippen molar-refractivity contribution in [3.8, 4) is 0 Å². The van der Waals surface area contributed by atoms with Crippen molar-refractivity contribution in [2.45, 2.75) is 13.1 Å². The van der Waals surface area contributed by atoms with Crippen molar-refractivity contribution in [2.24, 2.45) is 0 Å². The number of fused-ring (bicyclic) bond motifs is 1. The number of halogens is 1. The van der Waals surface area contributed by atoms with Crippen LogP contribution < -0.4 is 5.56 Å². The van der Waals surface area contributed by atoms with Crippen molar-refractivity contribution in [1.82, 2.24) is 9.13 Å². The first kappa shape index (κ1) is 12.1. The van der Waals surface area contributed by atoms with E-state index < -0.39 is 0 Å². The summed E-state index contributed by atoms with van der Waals surface area (Å²) in [6, 6.07) is 13.1. The van der Waals surface area contributed by atoms with Crippen molar-refractivity contribution in [3.05, 3.63) is 70.2 Å². The highest BCUT2D eigenvalue weighted by molar-refractivity contribution is 6.31. The van der Waals surface area contributed by atoms with Gasteiger partial charge in [-0.25, -0.2) is 0 Å². The second kappa shape index (κ2) is 4.94. The zero-order chi connectivity index (χ0) is 13.2. The highest BCUT2D eigenvalue weighted by atomic mass is 35.5. The topological polar surface area (TPSA) is 26.9 Å². The van der Waals surface area contributed by atoms with Gasteiger partial charge in [0.1, 0.15) is 0 Å². The Kier molecular flexibility index (Phi) is 3.13. The quantitative estimate of drug-likeness (QED) is 0.719. The SMILES string of the molecule is O=c1ccccn1CCn1ccc2ccc(Cl)cc21. The molecule has 96 valence electrons. The van der Waals surface area contributed by atoms with E-state index in [2.05, 4.69) is 10.6 Å². The van der Waals surface area contributed by atoms with E-state index >= 15 is 0 Å². The van der Waals surface area contributed by atoms with Gasteiger partial charge in [0.25, 0.3) is 5.56 Å². The second-order valence-electron chi connectivity index (χ2n) is 4.44. The Morgan fingerprint density at radius 3 is 2.63 bits per heavy atom. The number of pyridine rings is 1. The summed E-state index contributed by atoms with van der Waals surface area (Å²) in [5, 5.41) is 1.88. The molecule has 19 heavy (non-hydrogen) atoms. The van der Waals surface area contributed by atoms with Crippen LogP contribution in [0.25, 0.3) is 10.9 Å². The zero-order valence-corrected chi connectivity index (χ0v) is 11.0. The number of nitrogens with zero attached hydrogens (tertiary/aromatic N) is 2. The zero-order valence-electron chi connectivity index (χ0n) is 10.3. The third-order valence-electron chi connectivity index (χ3n) is 3.22. The monoisotopic (exact) mass is 272 g/mol. The van der Waals surface area contributed by atoms with Crippen LogP contribution in [0.15, 0.2) is 59.7 Å². The van der Waals surface area contributed by atoms with E-state index in [1.165, 1.54) is 0 Å². The van der Waals surface area contributed by atoms with E-state index in [1.807, 2.05) is 30.5 Å². The number of rotatable bonds is 3. The fourth-order valence-electron chi connectivity index (χ4n) is 2.21. The predicted octanol–water partition coefficient (Wildman–Crippen LogP) is 3.16. The molecule has 0 aliphatic rings. The average molecular weight is 273 g/mol. The van der Waals surface area contributed by atoms with Crippen LogP contribution in [0.2, 0.25) is 5.02 Å². The van der Waals surface area contributed by atoms with Crippen molar-refractivity contribution in [1.29, 1.82) is 0 Å². The van der Waals surface area contributed by atoms with Crippen LogP contribution in [-0.4, -0.2) is 9.13 Å². The number of hydrogen-bond acceptors (Lipinski definition) is 1. The standard InChI is InChI=1S/C15H13ClN2O/c16-13-5-4-12-6-8-17(14(12)11-13)9-10-18-7-2-1-3-15(18)19/h1-8,11H,9-10H2. The molecular formula is C15H13ClN2O. The summed E-state index contributed by atoms with van der Waals surface area (Å²) in [5.74, 6) is 0. The Bertz CT molecular complexity index is 773. The Morgan fingerprint density at radius 1 is 0.947 bits per heavy atom. The summed E-state index contributed by atoms with van der Waals surface area (Å²) < 4.78 is 3.82. The molecule has 0 amide bonds. The first-order chi connectivity index (χ1) is 9.24. The molecule has 0 saturated heterocycles. The summed E-state index contributed by atoms with van der Waals surface area (Å²) >= 11 is 6.02. The maximum atomic E-state index is 11.6. The average Bonchev–Trinajstić information content (AvgIpc) is 2.80. The van der Waals surface area contributed by atoms with Gasteiger partial charge in [0.2, 0.25) is 0 Å². The molecule has 3 aromatic rings. The molecule has 0 aliphatic carbocycles. The first-order valence-electron chi connectivity index (χ1n) is 6.14. The Morgan fingerprint density at radius 2 is 1.79 bits per heavy atom. The smallest absolute Gasteiger partial charge is 0.250 e. The van der Waals surface area contributed by atoms with Gasteiger partial charge in [0.05, 0.1) is 0 Å². The molecule has 3 nitrogen and oxygen atoms in total. The second-order valence-corrected chi connectivity index (χ2v) is 4.88. The number of aryl methyl sites for hydroxylation is 2. The van der Waals surface area contributed by atoms with Gasteiger partial charge in [-0.15, -0.1) is 0 Å². The lowest BCUT2D eigenvalue weighted by molar-refractivity contribution is 0.577. The minimum Gasteiger partial charge on any atom is -0.346 e. The maximum absolute atomic E-state index is 11.6. The minimum atomic E-state index is 0.0250. The number of aromatic nitrogens is 2. The third-order valence-corrected chi connectivity index (χ3v) is 3.45. The Hall–Kier alpha value is -2.00. The molecule has 1 aromatic carbocycles. The van der Waals surface area contributed by atoms with E-state index in [1.54, 1.807) is 22.9 Å². The molecule has 2 heterocycles. The van der Waals surface area contributed by atoms with Crippen molar-refractivity contribution in [3.63, 3.8) is 0 Å². The van der Waals surface area contributed by atoms with Gasteiger partial charge in [-0.05, 0) is 29.7 Å². The van der Waals surface area contributed by atoms with Crippen LogP contribution in [0.3, 0.4) is 0 Å². The molecule has 0 saturated carbocycles. The molecule has 0 radical (unpaired) electrons. The van der Waals surface area contributed by atoms with Gasteiger partial charge in [-0.1, -0.05) is 23.7 Å². The lowest BCUT2D eigenvalue weighted by Gasteiger charge is -2.08. The molecule has 0 bridgehead atoms. The molecule has 0 unspecified atom stereocenters. The molecule has 0 spiro atoms. The summed E-state index contributed by atoms with van der Waals surface area (Å²) in [4.78, 5) is 11.6. The van der Waals surface area contributed by atoms with E-state index in [9.17, 15) is 4.79 Å². The molecular weight excluding hydrogens is 260 g/mol. The fourth-order valence-corrected chi connectivity index (χ4v) is 2.38. The van der Waals surface area contributed by atoms with Crippen LogP contribution in [0, 0.1) is 0 Å². The fraction of sp³-hybridized carbons (Fsp3) is 0.133. The minimum absolute atomic E-state index is 0.0250. The summed E-state index contributed by atoms with van der Waals surface area (Å²) in [5.41, 5.74) is 1.12. The lowest BCUT2D eigenvalue weighted by Crippen LogP contribution is -2.20. The van der Waals surface area contributed by atoms with Crippen molar-refractivity contribution in [2.75, 3.05) is 0 Å². The number of hydrogen-bond donors (Lipinski definition) is 0. The van der Waals surface area contributed by atoms with Crippen LogP contribution in [0.5, 0.6) is 0 Å². The molecule has 0 aliphatic heterocycles. The van der Waals surface area contributed by atoms with Crippen molar-refractivity contribution >= 4 is 22.5 Å². The molecule has 0 atom stereocenters. The molecule has 2 aromatic heterocycles. The highest BCUT2D eigenvalue weighted by Crippen LogP contribution is 2.20. The van der Waals surface area contributed by atoms with Gasteiger partial charge in [-0.2, -0.15) is 0 Å².